The van der Waals surface area contributed by atoms with Gasteiger partial charge in [0.1, 0.15) is 5.75 Å². The van der Waals surface area contributed by atoms with E-state index in [1.54, 1.807) is 0 Å². The highest BCUT2D eigenvalue weighted by molar-refractivity contribution is 5.45. The van der Waals surface area contributed by atoms with Gasteiger partial charge in [-0.2, -0.15) is 0 Å². The summed E-state index contributed by atoms with van der Waals surface area (Å²) >= 11 is 0. The van der Waals surface area contributed by atoms with Crippen LogP contribution in [0.1, 0.15) is 23.1 Å². The molecule has 1 aromatic rings. The molecule has 1 aromatic carbocycles. The van der Waals surface area contributed by atoms with Gasteiger partial charge < -0.3 is 10.5 Å². The summed E-state index contributed by atoms with van der Waals surface area (Å²) in [6.45, 7) is 3.70. The Balaban J connectivity index is 2.36. The Morgan fingerprint density at radius 3 is 3.07 bits per heavy atom. The molecular weight excluding hydrogens is 174 g/mol. The smallest absolute Gasteiger partial charge is 0.125 e. The van der Waals surface area contributed by atoms with Crippen molar-refractivity contribution in [1.82, 2.24) is 0 Å². The van der Waals surface area contributed by atoms with E-state index in [0.29, 0.717) is 0 Å². The first kappa shape index (κ1) is 9.53. The largest absolute Gasteiger partial charge is 0.493 e. The molecule has 0 aromatic heterocycles. The minimum Gasteiger partial charge on any atom is -0.493 e. The standard InChI is InChI=1S/C12H17NO/c1-9-7-10(4-5-13)8-11-3-2-6-14-12(9)11/h7-8H,2-6,13H2,1H3. The summed E-state index contributed by atoms with van der Waals surface area (Å²) in [5, 5.41) is 0. The molecule has 0 bridgehead atoms. The number of rotatable bonds is 2. The molecule has 2 N–H and O–H groups in total. The summed E-state index contributed by atoms with van der Waals surface area (Å²) < 4.78 is 5.66. The van der Waals surface area contributed by atoms with Crippen LogP contribution in [0.4, 0.5) is 0 Å². The van der Waals surface area contributed by atoms with Crippen LogP contribution in [0.2, 0.25) is 0 Å². The Morgan fingerprint density at radius 2 is 2.29 bits per heavy atom. The van der Waals surface area contributed by atoms with Crippen molar-refractivity contribution in [2.75, 3.05) is 13.2 Å². The number of benzene rings is 1. The molecule has 0 atom stereocenters. The first-order valence-electron chi connectivity index (χ1n) is 5.26. The summed E-state index contributed by atoms with van der Waals surface area (Å²) in [4.78, 5) is 0. The van der Waals surface area contributed by atoms with Gasteiger partial charge in [-0.25, -0.2) is 0 Å². The van der Waals surface area contributed by atoms with Gasteiger partial charge in [0.25, 0.3) is 0 Å². The fourth-order valence-electron chi connectivity index (χ4n) is 2.07. The van der Waals surface area contributed by atoms with E-state index >= 15 is 0 Å². The maximum atomic E-state index is 5.66. The van der Waals surface area contributed by atoms with Crippen LogP contribution in [0.3, 0.4) is 0 Å². The van der Waals surface area contributed by atoms with Gasteiger partial charge >= 0.3 is 0 Å². The van der Waals surface area contributed by atoms with Crippen LogP contribution >= 0.6 is 0 Å². The Labute approximate surface area is 85.1 Å². The number of ether oxygens (including phenoxy) is 1. The van der Waals surface area contributed by atoms with Crippen LogP contribution in [0.25, 0.3) is 0 Å². The molecule has 0 saturated carbocycles. The highest BCUT2D eigenvalue weighted by atomic mass is 16.5. The van der Waals surface area contributed by atoms with Crippen LogP contribution in [0, 0.1) is 6.92 Å². The quantitative estimate of drug-likeness (QED) is 0.774. The minimum atomic E-state index is 0.721. The van der Waals surface area contributed by atoms with Gasteiger partial charge in [-0.1, -0.05) is 12.1 Å². The molecule has 1 heterocycles. The van der Waals surface area contributed by atoms with Gasteiger partial charge in [-0.05, 0) is 49.4 Å². The lowest BCUT2D eigenvalue weighted by molar-refractivity contribution is 0.286. The van der Waals surface area contributed by atoms with Crippen molar-refractivity contribution in [3.05, 3.63) is 28.8 Å². The fraction of sp³-hybridized carbons (Fsp3) is 0.500. The predicted molar refractivity (Wildman–Crippen MR) is 57.8 cm³/mol. The summed E-state index contributed by atoms with van der Waals surface area (Å²) in [6.07, 6.45) is 3.25. The molecule has 0 saturated heterocycles. The number of hydrogen-bond acceptors (Lipinski definition) is 2. The number of aryl methyl sites for hydroxylation is 2. The highest BCUT2D eigenvalue weighted by Gasteiger charge is 2.13. The molecule has 0 unspecified atom stereocenters. The van der Waals surface area contributed by atoms with E-state index in [9.17, 15) is 0 Å². The van der Waals surface area contributed by atoms with Crippen LogP contribution in [-0.2, 0) is 12.8 Å². The fourth-order valence-corrected chi connectivity index (χ4v) is 2.07. The van der Waals surface area contributed by atoms with Gasteiger partial charge in [-0.3, -0.25) is 0 Å². The van der Waals surface area contributed by atoms with Crippen molar-refractivity contribution in [3.8, 4) is 5.75 Å². The zero-order valence-electron chi connectivity index (χ0n) is 8.68. The first-order valence-corrected chi connectivity index (χ1v) is 5.26. The molecule has 0 spiro atoms. The van der Waals surface area contributed by atoms with E-state index in [1.807, 2.05) is 0 Å². The van der Waals surface area contributed by atoms with Crippen LogP contribution in [0.15, 0.2) is 12.1 Å². The molecule has 14 heavy (non-hydrogen) atoms. The summed E-state index contributed by atoms with van der Waals surface area (Å²) in [6, 6.07) is 4.44. The number of hydrogen-bond donors (Lipinski definition) is 1. The van der Waals surface area contributed by atoms with Crippen molar-refractivity contribution in [3.63, 3.8) is 0 Å². The normalized spacial score (nSPS) is 14.7. The molecule has 0 radical (unpaired) electrons. The van der Waals surface area contributed by atoms with E-state index in [0.717, 1.165) is 38.2 Å². The third-order valence-electron chi connectivity index (χ3n) is 2.68. The minimum absolute atomic E-state index is 0.721. The molecule has 0 fully saturated rings. The van der Waals surface area contributed by atoms with Crippen LogP contribution < -0.4 is 10.5 Å². The third kappa shape index (κ3) is 1.75. The molecule has 2 nitrogen and oxygen atoms in total. The second-order valence-electron chi connectivity index (χ2n) is 3.89. The number of fused-ring (bicyclic) bond motifs is 1. The molecule has 2 heteroatoms. The van der Waals surface area contributed by atoms with E-state index in [-0.39, 0.29) is 0 Å². The van der Waals surface area contributed by atoms with Crippen molar-refractivity contribution in [2.45, 2.75) is 26.2 Å². The van der Waals surface area contributed by atoms with Gasteiger partial charge in [-0.15, -0.1) is 0 Å². The topological polar surface area (TPSA) is 35.2 Å². The maximum absolute atomic E-state index is 5.66. The zero-order chi connectivity index (χ0) is 9.97. The Morgan fingerprint density at radius 1 is 1.43 bits per heavy atom. The van der Waals surface area contributed by atoms with Gasteiger partial charge in [0.15, 0.2) is 0 Å². The average Bonchev–Trinajstić information content (AvgIpc) is 2.18. The highest BCUT2D eigenvalue weighted by Crippen LogP contribution is 2.29. The lowest BCUT2D eigenvalue weighted by Gasteiger charge is -2.20. The molecular formula is C12H17NO. The second-order valence-corrected chi connectivity index (χ2v) is 3.89. The summed E-state index contributed by atoms with van der Waals surface area (Å²) in [7, 11) is 0. The summed E-state index contributed by atoms with van der Waals surface area (Å²) in [5.74, 6) is 1.11. The Bertz CT molecular complexity index is 333. The second kappa shape index (κ2) is 4.01. The zero-order valence-corrected chi connectivity index (χ0v) is 8.68. The van der Waals surface area contributed by atoms with Gasteiger partial charge in [0.2, 0.25) is 0 Å². The van der Waals surface area contributed by atoms with E-state index in [4.69, 9.17) is 10.5 Å². The van der Waals surface area contributed by atoms with E-state index < -0.39 is 0 Å². The predicted octanol–water partition coefficient (Wildman–Crippen LogP) is 1.82. The molecule has 76 valence electrons. The molecule has 2 rings (SSSR count). The van der Waals surface area contributed by atoms with Crippen molar-refractivity contribution in [1.29, 1.82) is 0 Å². The monoisotopic (exact) mass is 191 g/mol. The van der Waals surface area contributed by atoms with Crippen LogP contribution in [-0.4, -0.2) is 13.2 Å². The van der Waals surface area contributed by atoms with Crippen molar-refractivity contribution in [2.24, 2.45) is 5.73 Å². The van der Waals surface area contributed by atoms with Crippen LogP contribution in [0.5, 0.6) is 5.75 Å². The number of nitrogens with two attached hydrogens (primary N) is 1. The maximum Gasteiger partial charge on any atom is 0.125 e. The van der Waals surface area contributed by atoms with Gasteiger partial charge in [0, 0.05) is 0 Å². The van der Waals surface area contributed by atoms with E-state index in [2.05, 4.69) is 19.1 Å². The summed E-state index contributed by atoms with van der Waals surface area (Å²) in [5.41, 5.74) is 9.51. The average molecular weight is 191 g/mol. The molecule has 0 aliphatic carbocycles. The third-order valence-corrected chi connectivity index (χ3v) is 2.68. The Hall–Kier alpha value is -1.02. The molecule has 1 aliphatic rings. The molecule has 0 amide bonds. The Kier molecular flexibility index (Phi) is 2.73. The SMILES string of the molecule is Cc1cc(CCN)cc2c1OCCC2. The van der Waals surface area contributed by atoms with E-state index in [1.165, 1.54) is 16.7 Å². The van der Waals surface area contributed by atoms with Gasteiger partial charge in [0.05, 0.1) is 6.61 Å². The lowest BCUT2D eigenvalue weighted by atomic mass is 9.98. The lowest BCUT2D eigenvalue weighted by Crippen LogP contribution is -2.11. The molecule has 1 aliphatic heterocycles. The van der Waals surface area contributed by atoms with Crippen molar-refractivity contribution < 1.29 is 4.74 Å². The van der Waals surface area contributed by atoms with Crippen molar-refractivity contribution >= 4 is 0 Å². The first-order chi connectivity index (χ1) is 6.81.